The average molecular weight is 466 g/mol. The Labute approximate surface area is 197 Å². The van der Waals surface area contributed by atoms with E-state index in [0.717, 1.165) is 42.7 Å². The van der Waals surface area contributed by atoms with Crippen molar-refractivity contribution < 1.29 is 18.7 Å². The Hall–Kier alpha value is -3.46. The van der Waals surface area contributed by atoms with Gasteiger partial charge in [0, 0.05) is 37.9 Å². The number of nitrogens with zero attached hydrogens (tertiary/aromatic N) is 4. The van der Waals surface area contributed by atoms with Gasteiger partial charge in [-0.15, -0.1) is 0 Å². The molecular formula is C25H28FN5O3. The second kappa shape index (κ2) is 9.42. The molecule has 2 fully saturated rings. The molecule has 0 bridgehead atoms. The second-order valence-electron chi connectivity index (χ2n) is 8.77. The molecule has 178 valence electrons. The highest BCUT2D eigenvalue weighted by Crippen LogP contribution is 2.28. The number of carbonyl (C=O) groups excluding carboxylic acids is 1. The summed E-state index contributed by atoms with van der Waals surface area (Å²) in [6, 6.07) is 10.9. The zero-order chi connectivity index (χ0) is 23.7. The van der Waals surface area contributed by atoms with Crippen molar-refractivity contribution in [2.45, 2.75) is 31.9 Å². The van der Waals surface area contributed by atoms with E-state index < -0.39 is 6.09 Å². The van der Waals surface area contributed by atoms with Gasteiger partial charge in [0.15, 0.2) is 0 Å². The normalized spacial score (nSPS) is 19.0. The summed E-state index contributed by atoms with van der Waals surface area (Å²) in [5.41, 5.74) is 3.83. The van der Waals surface area contributed by atoms with Gasteiger partial charge in [-0.3, -0.25) is 9.88 Å². The molecule has 0 spiro atoms. The number of piperidine rings is 1. The molecule has 9 heteroatoms. The van der Waals surface area contributed by atoms with Crippen LogP contribution in [-0.4, -0.2) is 61.5 Å². The third kappa shape index (κ3) is 4.48. The van der Waals surface area contributed by atoms with Gasteiger partial charge < -0.3 is 19.7 Å². The van der Waals surface area contributed by atoms with Gasteiger partial charge in [-0.05, 0) is 49.6 Å². The first-order valence-corrected chi connectivity index (χ1v) is 11.5. The lowest BCUT2D eigenvalue weighted by atomic mass is 10.0. The highest BCUT2D eigenvalue weighted by Gasteiger charge is 2.33. The van der Waals surface area contributed by atoms with Gasteiger partial charge in [0.1, 0.15) is 17.4 Å². The van der Waals surface area contributed by atoms with Crippen LogP contribution in [0.25, 0.3) is 11.0 Å². The summed E-state index contributed by atoms with van der Waals surface area (Å²) in [6.45, 7) is 4.44. The SMILES string of the molecule is COc1ccc2nccc(N3CCC(NCC4CN(c5ccc(C)c(F)c5)C(=O)O4)CC3)c2n1. The van der Waals surface area contributed by atoms with E-state index in [2.05, 4.69) is 20.2 Å². The number of hydrogen-bond donors (Lipinski definition) is 1. The number of amides is 1. The lowest BCUT2D eigenvalue weighted by Crippen LogP contribution is -2.45. The summed E-state index contributed by atoms with van der Waals surface area (Å²) >= 11 is 0. The summed E-state index contributed by atoms with van der Waals surface area (Å²) in [7, 11) is 1.61. The molecule has 1 aromatic carbocycles. The molecule has 2 saturated heterocycles. The number of cyclic esters (lactones) is 1. The number of pyridine rings is 2. The Bertz CT molecular complexity index is 1200. The fraction of sp³-hybridized carbons (Fsp3) is 0.400. The number of halogens is 1. The number of rotatable bonds is 6. The van der Waals surface area contributed by atoms with Gasteiger partial charge in [-0.2, -0.15) is 0 Å². The van der Waals surface area contributed by atoms with Crippen LogP contribution in [0.3, 0.4) is 0 Å². The smallest absolute Gasteiger partial charge is 0.414 e. The average Bonchev–Trinajstić information content (AvgIpc) is 3.24. The predicted molar refractivity (Wildman–Crippen MR) is 128 cm³/mol. The van der Waals surface area contributed by atoms with E-state index in [-0.39, 0.29) is 11.9 Å². The van der Waals surface area contributed by atoms with Gasteiger partial charge in [-0.1, -0.05) is 6.07 Å². The van der Waals surface area contributed by atoms with Crippen molar-refractivity contribution in [2.24, 2.45) is 0 Å². The lowest BCUT2D eigenvalue weighted by Gasteiger charge is -2.34. The Kier molecular flexibility index (Phi) is 6.19. The molecule has 4 heterocycles. The molecule has 3 aromatic rings. The number of anilines is 2. The Balaban J connectivity index is 1.16. The van der Waals surface area contributed by atoms with E-state index in [0.29, 0.717) is 36.3 Å². The molecule has 2 aliphatic heterocycles. The van der Waals surface area contributed by atoms with Crippen molar-refractivity contribution >= 4 is 28.5 Å². The van der Waals surface area contributed by atoms with Crippen molar-refractivity contribution in [1.29, 1.82) is 0 Å². The Morgan fingerprint density at radius 2 is 2.03 bits per heavy atom. The van der Waals surface area contributed by atoms with Crippen molar-refractivity contribution in [2.75, 3.05) is 43.1 Å². The minimum absolute atomic E-state index is 0.268. The maximum Gasteiger partial charge on any atom is 0.414 e. The molecule has 0 radical (unpaired) electrons. The number of ether oxygens (including phenoxy) is 2. The summed E-state index contributed by atoms with van der Waals surface area (Å²) in [6.07, 6.45) is 3.03. The standard InChI is InChI=1S/C25H28FN5O3/c1-16-3-4-18(13-20(16)26)31-15-19(34-25(31)32)14-28-17-8-11-30(12-9-17)22-7-10-27-21-5-6-23(33-2)29-24(21)22/h3-7,10,13,17,19,28H,8-9,11-12,14-15H2,1-2H3. The van der Waals surface area contributed by atoms with Gasteiger partial charge in [-0.25, -0.2) is 14.2 Å². The monoisotopic (exact) mass is 465 g/mol. The molecule has 2 aliphatic rings. The van der Waals surface area contributed by atoms with Gasteiger partial charge in [0.05, 0.1) is 30.5 Å². The Morgan fingerprint density at radius 3 is 2.79 bits per heavy atom. The third-order valence-corrected chi connectivity index (χ3v) is 6.56. The van der Waals surface area contributed by atoms with Crippen molar-refractivity contribution in [3.8, 4) is 5.88 Å². The van der Waals surface area contributed by atoms with Crippen LogP contribution in [0.1, 0.15) is 18.4 Å². The first kappa shape index (κ1) is 22.3. The van der Waals surface area contributed by atoms with Crippen LogP contribution < -0.4 is 19.9 Å². The molecule has 0 saturated carbocycles. The van der Waals surface area contributed by atoms with Crippen LogP contribution in [0.2, 0.25) is 0 Å². The minimum Gasteiger partial charge on any atom is -0.481 e. The molecule has 8 nitrogen and oxygen atoms in total. The molecule has 1 atom stereocenters. The number of nitrogens with one attached hydrogen (secondary N) is 1. The Morgan fingerprint density at radius 1 is 1.21 bits per heavy atom. The fourth-order valence-corrected chi connectivity index (χ4v) is 4.57. The quantitative estimate of drug-likeness (QED) is 0.595. The molecule has 2 aromatic heterocycles. The van der Waals surface area contributed by atoms with E-state index >= 15 is 0 Å². The first-order valence-electron chi connectivity index (χ1n) is 11.5. The minimum atomic E-state index is -0.433. The van der Waals surface area contributed by atoms with Gasteiger partial charge in [0.25, 0.3) is 0 Å². The highest BCUT2D eigenvalue weighted by molar-refractivity contribution is 5.90. The third-order valence-electron chi connectivity index (χ3n) is 6.56. The number of aryl methyl sites for hydroxylation is 1. The molecule has 1 unspecified atom stereocenters. The number of methoxy groups -OCH3 is 1. The van der Waals surface area contributed by atoms with Crippen LogP contribution >= 0.6 is 0 Å². The summed E-state index contributed by atoms with van der Waals surface area (Å²) < 4.78 is 24.7. The van der Waals surface area contributed by atoms with E-state index in [1.807, 2.05) is 24.4 Å². The van der Waals surface area contributed by atoms with Crippen LogP contribution in [0.4, 0.5) is 20.6 Å². The molecule has 34 heavy (non-hydrogen) atoms. The summed E-state index contributed by atoms with van der Waals surface area (Å²) in [5.74, 6) is 0.251. The van der Waals surface area contributed by atoms with Crippen LogP contribution in [0.5, 0.6) is 5.88 Å². The van der Waals surface area contributed by atoms with Gasteiger partial charge in [0.2, 0.25) is 5.88 Å². The van der Waals surface area contributed by atoms with Crippen LogP contribution in [0.15, 0.2) is 42.6 Å². The van der Waals surface area contributed by atoms with E-state index in [4.69, 9.17) is 9.47 Å². The largest absolute Gasteiger partial charge is 0.481 e. The molecule has 5 rings (SSSR count). The van der Waals surface area contributed by atoms with Crippen LogP contribution in [0, 0.1) is 12.7 Å². The molecule has 0 aliphatic carbocycles. The zero-order valence-corrected chi connectivity index (χ0v) is 19.3. The van der Waals surface area contributed by atoms with Crippen molar-refractivity contribution in [1.82, 2.24) is 15.3 Å². The fourth-order valence-electron chi connectivity index (χ4n) is 4.57. The van der Waals surface area contributed by atoms with E-state index in [1.165, 1.54) is 11.0 Å². The van der Waals surface area contributed by atoms with E-state index in [9.17, 15) is 9.18 Å². The maximum absolute atomic E-state index is 13.9. The van der Waals surface area contributed by atoms with Crippen LogP contribution in [-0.2, 0) is 4.74 Å². The highest BCUT2D eigenvalue weighted by atomic mass is 19.1. The second-order valence-corrected chi connectivity index (χ2v) is 8.77. The molecule has 1 N–H and O–H groups in total. The topological polar surface area (TPSA) is 79.8 Å². The first-order chi connectivity index (χ1) is 16.5. The predicted octanol–water partition coefficient (Wildman–Crippen LogP) is 3.67. The number of aromatic nitrogens is 2. The number of fused-ring (bicyclic) bond motifs is 1. The summed E-state index contributed by atoms with van der Waals surface area (Å²) in [5, 5.41) is 3.55. The number of hydrogen-bond acceptors (Lipinski definition) is 7. The van der Waals surface area contributed by atoms with E-state index in [1.54, 1.807) is 26.2 Å². The molecular weight excluding hydrogens is 437 g/mol. The van der Waals surface area contributed by atoms with Gasteiger partial charge >= 0.3 is 6.09 Å². The number of benzene rings is 1. The number of carbonyl (C=O) groups is 1. The zero-order valence-electron chi connectivity index (χ0n) is 19.3. The molecule has 1 amide bonds. The lowest BCUT2D eigenvalue weighted by molar-refractivity contribution is 0.137. The van der Waals surface area contributed by atoms with Crippen molar-refractivity contribution in [3.05, 3.63) is 54.0 Å². The summed E-state index contributed by atoms with van der Waals surface area (Å²) in [4.78, 5) is 25.2. The maximum atomic E-state index is 13.9. The van der Waals surface area contributed by atoms with Crippen molar-refractivity contribution in [3.63, 3.8) is 0 Å².